The summed E-state index contributed by atoms with van der Waals surface area (Å²) in [6, 6.07) is 1.97. The highest BCUT2D eigenvalue weighted by Crippen LogP contribution is 2.39. The molecule has 0 aliphatic heterocycles. The van der Waals surface area contributed by atoms with Crippen LogP contribution in [-0.2, 0) is 11.0 Å². The third-order valence-electron chi connectivity index (χ3n) is 2.26. The fourth-order valence-corrected chi connectivity index (χ4v) is 1.78. The van der Waals surface area contributed by atoms with Crippen LogP contribution in [0.25, 0.3) is 0 Å². The zero-order valence-corrected chi connectivity index (χ0v) is 10.6. The van der Waals surface area contributed by atoms with Crippen molar-refractivity contribution in [2.24, 2.45) is 0 Å². The van der Waals surface area contributed by atoms with Crippen LogP contribution >= 0.6 is 15.9 Å². The molecule has 1 unspecified atom stereocenters. The molecule has 0 N–H and O–H groups in total. The minimum absolute atomic E-state index is 0.493. The van der Waals surface area contributed by atoms with Crippen molar-refractivity contribution in [1.29, 1.82) is 0 Å². The van der Waals surface area contributed by atoms with Gasteiger partial charge in [0.25, 0.3) is 6.43 Å². The van der Waals surface area contributed by atoms with Crippen molar-refractivity contribution in [1.82, 2.24) is 0 Å². The van der Waals surface area contributed by atoms with E-state index in [-0.39, 0.29) is 0 Å². The van der Waals surface area contributed by atoms with E-state index in [0.29, 0.717) is 18.2 Å². The molecule has 0 aromatic heterocycles. The second kappa shape index (κ2) is 5.34. The summed E-state index contributed by atoms with van der Waals surface area (Å²) in [5.74, 6) is -0.591. The fourth-order valence-electron chi connectivity index (χ4n) is 1.40. The average molecular weight is 331 g/mol. The van der Waals surface area contributed by atoms with E-state index in [4.69, 9.17) is 0 Å². The normalized spacial score (nSPS) is 13.8. The highest BCUT2D eigenvalue weighted by Gasteiger charge is 2.36. The molecule has 0 saturated heterocycles. The molecular weight excluding hydrogens is 323 g/mol. The van der Waals surface area contributed by atoms with Crippen LogP contribution in [0, 0.1) is 0 Å². The molecule has 100 valence electrons. The first-order valence-corrected chi connectivity index (χ1v) is 5.70. The Labute approximate surface area is 108 Å². The molecule has 1 rings (SSSR count). The summed E-state index contributed by atoms with van der Waals surface area (Å²) in [5.41, 5.74) is -2.14. The number of carbonyl (C=O) groups excluding carboxylic acids is 1. The van der Waals surface area contributed by atoms with Gasteiger partial charge in [-0.05, 0) is 24.6 Å². The van der Waals surface area contributed by atoms with Crippen molar-refractivity contribution in [3.63, 3.8) is 0 Å². The first-order valence-electron chi connectivity index (χ1n) is 4.78. The number of carbonyl (C=O) groups is 1. The van der Waals surface area contributed by atoms with Gasteiger partial charge in [0.05, 0.1) is 10.4 Å². The van der Waals surface area contributed by atoms with Gasteiger partial charge in [0.1, 0.15) is 5.78 Å². The summed E-state index contributed by atoms with van der Waals surface area (Å²) in [6.45, 7) is 1.08. The number of ketones is 1. The van der Waals surface area contributed by atoms with Gasteiger partial charge in [-0.1, -0.05) is 22.0 Å². The first kappa shape index (κ1) is 15.1. The largest absolute Gasteiger partial charge is 0.416 e. The Morgan fingerprint density at radius 1 is 1.28 bits per heavy atom. The lowest BCUT2D eigenvalue weighted by molar-refractivity contribution is -0.138. The van der Waals surface area contributed by atoms with Gasteiger partial charge in [-0.15, -0.1) is 0 Å². The van der Waals surface area contributed by atoms with E-state index in [1.807, 2.05) is 0 Å². The molecule has 0 spiro atoms. The van der Waals surface area contributed by atoms with Crippen LogP contribution in [0.2, 0.25) is 0 Å². The summed E-state index contributed by atoms with van der Waals surface area (Å²) in [5, 5.41) is 0. The molecule has 1 aromatic rings. The van der Waals surface area contributed by atoms with Gasteiger partial charge < -0.3 is 0 Å². The summed E-state index contributed by atoms with van der Waals surface area (Å²) >= 11 is 2.78. The molecule has 0 fully saturated rings. The minimum Gasteiger partial charge on any atom is -0.298 e. The number of alkyl halides is 6. The molecule has 0 aliphatic rings. The Kier molecular flexibility index (Phi) is 4.47. The maximum Gasteiger partial charge on any atom is 0.416 e. The fraction of sp³-hybridized carbons (Fsp3) is 0.364. The lowest BCUT2D eigenvalue weighted by Crippen LogP contribution is -2.13. The van der Waals surface area contributed by atoms with Crippen molar-refractivity contribution >= 4 is 21.7 Å². The lowest BCUT2D eigenvalue weighted by Gasteiger charge is -2.16. The van der Waals surface area contributed by atoms with Gasteiger partial charge in [-0.2, -0.15) is 13.2 Å². The maximum absolute atomic E-state index is 12.7. The maximum atomic E-state index is 12.7. The van der Waals surface area contributed by atoms with Crippen LogP contribution in [0.5, 0.6) is 0 Å². The average Bonchev–Trinajstić information content (AvgIpc) is 2.25. The summed E-state index contributed by atoms with van der Waals surface area (Å²) < 4.78 is 63.0. The number of rotatable bonds is 3. The predicted octanol–water partition coefficient (Wildman–Crippen LogP) is 4.67. The monoisotopic (exact) mass is 330 g/mol. The molecule has 18 heavy (non-hydrogen) atoms. The van der Waals surface area contributed by atoms with Crippen LogP contribution in [0.3, 0.4) is 0 Å². The SMILES string of the molecule is CC(=O)C(Br)c1cc(C(F)F)ccc1C(F)(F)F. The van der Waals surface area contributed by atoms with Crippen molar-refractivity contribution in [3.05, 3.63) is 34.9 Å². The molecule has 0 amide bonds. The minimum atomic E-state index is -4.70. The molecule has 1 aromatic carbocycles. The van der Waals surface area contributed by atoms with Crippen LogP contribution in [0.15, 0.2) is 18.2 Å². The quantitative estimate of drug-likeness (QED) is 0.581. The Morgan fingerprint density at radius 3 is 2.22 bits per heavy atom. The molecule has 0 aliphatic carbocycles. The highest BCUT2D eigenvalue weighted by molar-refractivity contribution is 9.09. The highest BCUT2D eigenvalue weighted by atomic mass is 79.9. The van der Waals surface area contributed by atoms with Gasteiger partial charge in [0.15, 0.2) is 0 Å². The van der Waals surface area contributed by atoms with Crippen LogP contribution in [0.1, 0.15) is 34.9 Å². The lowest BCUT2D eigenvalue weighted by atomic mass is 9.99. The van der Waals surface area contributed by atoms with Crippen LogP contribution < -0.4 is 0 Å². The van der Waals surface area contributed by atoms with Crippen LogP contribution in [-0.4, -0.2) is 5.78 Å². The van der Waals surface area contributed by atoms with Crippen molar-refractivity contribution in [3.8, 4) is 0 Å². The van der Waals surface area contributed by atoms with Crippen molar-refractivity contribution < 1.29 is 26.7 Å². The number of benzene rings is 1. The third-order valence-corrected chi connectivity index (χ3v) is 3.40. The molecule has 1 atom stereocenters. The van der Waals surface area contributed by atoms with E-state index in [1.54, 1.807) is 0 Å². The Bertz CT molecular complexity index is 455. The second-order valence-corrected chi connectivity index (χ2v) is 4.53. The van der Waals surface area contributed by atoms with E-state index >= 15 is 0 Å². The predicted molar refractivity (Wildman–Crippen MR) is 58.8 cm³/mol. The van der Waals surface area contributed by atoms with Gasteiger partial charge in [-0.25, -0.2) is 8.78 Å². The Morgan fingerprint density at radius 2 is 1.83 bits per heavy atom. The topological polar surface area (TPSA) is 17.1 Å². The van der Waals surface area contributed by atoms with Crippen molar-refractivity contribution in [2.45, 2.75) is 24.4 Å². The zero-order valence-electron chi connectivity index (χ0n) is 9.06. The van der Waals surface area contributed by atoms with E-state index in [0.717, 1.165) is 6.92 Å². The van der Waals surface area contributed by atoms with E-state index in [9.17, 15) is 26.7 Å². The molecule has 0 heterocycles. The number of Topliss-reactive ketones (excluding diaryl/α,β-unsaturated/α-hetero) is 1. The molecular formula is C11H8BrF5O. The molecule has 0 radical (unpaired) electrons. The van der Waals surface area contributed by atoms with Gasteiger partial charge in [0, 0.05) is 5.56 Å². The van der Waals surface area contributed by atoms with Crippen LogP contribution in [0.4, 0.5) is 22.0 Å². The summed E-state index contributed by atoms with van der Waals surface area (Å²) in [7, 11) is 0. The number of hydrogen-bond acceptors (Lipinski definition) is 1. The van der Waals surface area contributed by atoms with E-state index in [2.05, 4.69) is 15.9 Å². The molecule has 1 nitrogen and oxygen atoms in total. The number of hydrogen-bond donors (Lipinski definition) is 0. The second-order valence-electron chi connectivity index (χ2n) is 3.62. The molecule has 0 saturated carbocycles. The van der Waals surface area contributed by atoms with Crippen molar-refractivity contribution in [2.75, 3.05) is 0 Å². The molecule has 0 bridgehead atoms. The standard InChI is InChI=1S/C11H8BrF5O/c1-5(18)9(12)7-4-6(10(13)14)2-3-8(7)11(15,16)17/h2-4,9-10H,1H3. The zero-order chi connectivity index (χ0) is 14.1. The van der Waals surface area contributed by atoms with Gasteiger partial charge in [-0.3, -0.25) is 4.79 Å². The van der Waals surface area contributed by atoms with E-state index < -0.39 is 39.9 Å². The Hall–Kier alpha value is -0.980. The van der Waals surface area contributed by atoms with E-state index in [1.165, 1.54) is 0 Å². The third kappa shape index (κ3) is 3.28. The van der Waals surface area contributed by atoms with Gasteiger partial charge >= 0.3 is 6.18 Å². The van der Waals surface area contributed by atoms with Gasteiger partial charge in [0.2, 0.25) is 0 Å². The summed E-state index contributed by atoms with van der Waals surface area (Å²) in [6.07, 6.45) is -7.59. The summed E-state index contributed by atoms with van der Waals surface area (Å²) in [4.78, 5) is 9.85. The first-order chi connectivity index (χ1) is 8.14. The Balaban J connectivity index is 3.40. The smallest absolute Gasteiger partial charge is 0.298 e. The molecule has 7 heteroatoms. The number of halogens is 6.